The number of anilines is 1. The molecule has 3 rings (SSSR count). The zero-order valence-corrected chi connectivity index (χ0v) is 15.4. The number of rotatable bonds is 7. The number of ether oxygens (including phenoxy) is 1. The van der Waals surface area contributed by atoms with E-state index < -0.39 is 11.9 Å². The number of nitrogens with one attached hydrogen (secondary N) is 1. The smallest absolute Gasteiger partial charge is 0.311 e. The zero-order chi connectivity index (χ0) is 18.7. The first kappa shape index (κ1) is 18.4. The molecule has 1 heterocycles. The van der Waals surface area contributed by atoms with Gasteiger partial charge in [-0.05, 0) is 36.8 Å². The molecule has 1 aromatic rings. The Morgan fingerprint density at radius 3 is 2.73 bits per heavy atom. The highest BCUT2D eigenvalue weighted by molar-refractivity contribution is 6.00. The summed E-state index contributed by atoms with van der Waals surface area (Å²) >= 11 is 0. The molecule has 2 aliphatic rings. The molecular weight excluding hydrogens is 332 g/mol. The molecular formula is C20H26N2O4. The summed E-state index contributed by atoms with van der Waals surface area (Å²) in [7, 11) is 0. The Kier molecular flexibility index (Phi) is 5.59. The second kappa shape index (κ2) is 7.89. The van der Waals surface area contributed by atoms with Gasteiger partial charge in [0.1, 0.15) is 0 Å². The zero-order valence-electron chi connectivity index (χ0n) is 15.4. The van der Waals surface area contributed by atoms with E-state index in [0.29, 0.717) is 12.5 Å². The first-order valence-corrected chi connectivity index (χ1v) is 9.34. The minimum absolute atomic E-state index is 0.0786. The minimum atomic E-state index is -0.527. The van der Waals surface area contributed by atoms with Crippen LogP contribution in [0.15, 0.2) is 24.3 Å². The van der Waals surface area contributed by atoms with E-state index in [9.17, 15) is 14.4 Å². The highest BCUT2D eigenvalue weighted by Crippen LogP contribution is 2.33. The Bertz CT molecular complexity index is 699. The van der Waals surface area contributed by atoms with Crippen LogP contribution in [0, 0.1) is 5.92 Å². The van der Waals surface area contributed by atoms with Crippen LogP contribution in [0.3, 0.4) is 0 Å². The number of hydrogen-bond acceptors (Lipinski definition) is 4. The molecule has 1 aliphatic carbocycles. The lowest BCUT2D eigenvalue weighted by Crippen LogP contribution is -2.32. The highest BCUT2D eigenvalue weighted by Gasteiger charge is 2.37. The van der Waals surface area contributed by atoms with Gasteiger partial charge in [0.05, 0.1) is 5.92 Å². The molecule has 2 atom stereocenters. The van der Waals surface area contributed by atoms with E-state index in [1.807, 2.05) is 24.3 Å². The first-order chi connectivity index (χ1) is 12.5. The molecule has 1 aliphatic heterocycles. The third-order valence-electron chi connectivity index (χ3n) is 5.12. The van der Waals surface area contributed by atoms with Crippen LogP contribution in [-0.4, -0.2) is 37.0 Å². The third kappa shape index (κ3) is 4.23. The molecule has 0 aromatic heterocycles. The Balaban J connectivity index is 1.61. The van der Waals surface area contributed by atoms with Crippen molar-refractivity contribution in [2.45, 2.75) is 51.5 Å². The molecule has 1 saturated heterocycles. The maximum atomic E-state index is 12.5. The van der Waals surface area contributed by atoms with Crippen molar-refractivity contribution in [1.82, 2.24) is 5.32 Å². The lowest BCUT2D eigenvalue weighted by Gasteiger charge is -2.23. The Labute approximate surface area is 153 Å². The number of para-hydroxylation sites is 1. The average Bonchev–Trinajstić information content (AvgIpc) is 3.37. The maximum Gasteiger partial charge on any atom is 0.311 e. The lowest BCUT2D eigenvalue weighted by atomic mass is 9.96. The summed E-state index contributed by atoms with van der Waals surface area (Å²) in [6.07, 6.45) is 3.07. The number of esters is 1. The normalized spacial score (nSPS) is 20.8. The summed E-state index contributed by atoms with van der Waals surface area (Å²) in [6.45, 7) is 4.27. The standard InChI is InChI=1S/C20H26N2O4/c1-3-13(2)16-6-4-5-7-17(16)22-11-14(10-19(22)24)20(25)26-12-18(23)21-15-8-9-15/h4-7,13-15H,3,8-12H2,1-2H3,(H,21,23)/t13-,14+/m0/s1. The van der Waals surface area contributed by atoms with Crippen molar-refractivity contribution in [3.8, 4) is 0 Å². The van der Waals surface area contributed by atoms with Gasteiger partial charge in [-0.15, -0.1) is 0 Å². The van der Waals surface area contributed by atoms with Gasteiger partial charge in [0, 0.05) is 24.7 Å². The van der Waals surface area contributed by atoms with Crippen LogP contribution >= 0.6 is 0 Å². The second-order valence-corrected chi connectivity index (χ2v) is 7.22. The van der Waals surface area contributed by atoms with Gasteiger partial charge in [0.15, 0.2) is 6.61 Å². The molecule has 1 N–H and O–H groups in total. The minimum Gasteiger partial charge on any atom is -0.455 e. The van der Waals surface area contributed by atoms with Gasteiger partial charge in [-0.1, -0.05) is 32.0 Å². The molecule has 6 nitrogen and oxygen atoms in total. The summed E-state index contributed by atoms with van der Waals surface area (Å²) in [6, 6.07) is 8.07. The van der Waals surface area contributed by atoms with Gasteiger partial charge in [0.25, 0.3) is 5.91 Å². The van der Waals surface area contributed by atoms with Crippen LogP contribution in [-0.2, 0) is 19.1 Å². The average molecular weight is 358 g/mol. The Morgan fingerprint density at radius 1 is 1.31 bits per heavy atom. The van der Waals surface area contributed by atoms with E-state index in [-0.39, 0.29) is 30.9 Å². The number of benzene rings is 1. The second-order valence-electron chi connectivity index (χ2n) is 7.22. The highest BCUT2D eigenvalue weighted by atomic mass is 16.5. The molecule has 2 fully saturated rings. The molecule has 2 amide bonds. The van der Waals surface area contributed by atoms with Gasteiger partial charge in [-0.3, -0.25) is 14.4 Å². The largest absolute Gasteiger partial charge is 0.455 e. The monoisotopic (exact) mass is 358 g/mol. The van der Waals surface area contributed by atoms with Crippen molar-refractivity contribution < 1.29 is 19.1 Å². The van der Waals surface area contributed by atoms with Crippen LogP contribution in [0.1, 0.15) is 51.0 Å². The summed E-state index contributed by atoms with van der Waals surface area (Å²) in [4.78, 5) is 38.1. The lowest BCUT2D eigenvalue weighted by molar-refractivity contribution is -0.152. The van der Waals surface area contributed by atoms with Gasteiger partial charge < -0.3 is 15.0 Å². The maximum absolute atomic E-state index is 12.5. The Hall–Kier alpha value is -2.37. The first-order valence-electron chi connectivity index (χ1n) is 9.34. The molecule has 140 valence electrons. The molecule has 0 radical (unpaired) electrons. The van der Waals surface area contributed by atoms with Crippen molar-refractivity contribution in [3.05, 3.63) is 29.8 Å². The third-order valence-corrected chi connectivity index (χ3v) is 5.12. The Morgan fingerprint density at radius 2 is 2.04 bits per heavy atom. The number of hydrogen-bond donors (Lipinski definition) is 1. The van der Waals surface area contributed by atoms with Gasteiger partial charge in [-0.25, -0.2) is 0 Å². The molecule has 26 heavy (non-hydrogen) atoms. The van der Waals surface area contributed by atoms with Crippen molar-refractivity contribution in [1.29, 1.82) is 0 Å². The van der Waals surface area contributed by atoms with E-state index >= 15 is 0 Å². The fourth-order valence-corrected chi connectivity index (χ4v) is 3.22. The summed E-state index contributed by atoms with van der Waals surface area (Å²) in [5, 5.41) is 2.78. The molecule has 1 saturated carbocycles. The van der Waals surface area contributed by atoms with E-state index in [1.165, 1.54) is 0 Å². The van der Waals surface area contributed by atoms with Crippen LogP contribution in [0.25, 0.3) is 0 Å². The quantitative estimate of drug-likeness (QED) is 0.759. The number of nitrogens with zero attached hydrogens (tertiary/aromatic N) is 1. The molecule has 0 spiro atoms. The topological polar surface area (TPSA) is 75.7 Å². The summed E-state index contributed by atoms with van der Waals surface area (Å²) < 4.78 is 5.12. The van der Waals surface area contributed by atoms with E-state index in [4.69, 9.17) is 4.74 Å². The number of amides is 2. The van der Waals surface area contributed by atoms with Crippen molar-refractivity contribution in [2.24, 2.45) is 5.92 Å². The van der Waals surface area contributed by atoms with E-state index in [0.717, 1.165) is 30.5 Å². The molecule has 6 heteroatoms. The number of carbonyl (C=O) groups is 3. The van der Waals surface area contributed by atoms with E-state index in [1.54, 1.807) is 4.90 Å². The summed E-state index contributed by atoms with van der Waals surface area (Å²) in [5.74, 6) is -1.03. The van der Waals surface area contributed by atoms with Gasteiger partial charge >= 0.3 is 5.97 Å². The molecule has 1 aromatic carbocycles. The predicted octanol–water partition coefficient (Wildman–Crippen LogP) is 2.37. The van der Waals surface area contributed by atoms with Crippen LogP contribution in [0.4, 0.5) is 5.69 Å². The van der Waals surface area contributed by atoms with Crippen LogP contribution in [0.5, 0.6) is 0 Å². The number of carbonyl (C=O) groups excluding carboxylic acids is 3. The van der Waals surface area contributed by atoms with Crippen LogP contribution in [0.2, 0.25) is 0 Å². The van der Waals surface area contributed by atoms with Crippen LogP contribution < -0.4 is 10.2 Å². The fraction of sp³-hybridized carbons (Fsp3) is 0.550. The van der Waals surface area contributed by atoms with Gasteiger partial charge in [0.2, 0.25) is 5.91 Å². The predicted molar refractivity (Wildman–Crippen MR) is 97.7 cm³/mol. The van der Waals surface area contributed by atoms with E-state index in [2.05, 4.69) is 19.2 Å². The SMILES string of the molecule is CC[C@H](C)c1ccccc1N1C[C@H](C(=O)OCC(=O)NC2CC2)CC1=O. The van der Waals surface area contributed by atoms with Crippen molar-refractivity contribution in [2.75, 3.05) is 18.1 Å². The molecule has 0 bridgehead atoms. The van der Waals surface area contributed by atoms with Crippen molar-refractivity contribution >= 4 is 23.5 Å². The fourth-order valence-electron chi connectivity index (χ4n) is 3.22. The van der Waals surface area contributed by atoms with Gasteiger partial charge in [-0.2, -0.15) is 0 Å². The van der Waals surface area contributed by atoms with Crippen molar-refractivity contribution in [3.63, 3.8) is 0 Å². The molecule has 0 unspecified atom stereocenters. The summed E-state index contributed by atoms with van der Waals surface area (Å²) in [5.41, 5.74) is 1.98.